The molecule has 136 valence electrons. The number of carbonyl (C=O) groups excluding carboxylic acids is 2. The molecular weight excluding hydrogens is 326 g/mol. The fraction of sp³-hybridized carbons (Fsp3) is 0.364. The lowest BCUT2D eigenvalue weighted by Crippen LogP contribution is -2.38. The zero-order valence-corrected chi connectivity index (χ0v) is 15.0. The number of amides is 1. The van der Waals surface area contributed by atoms with E-state index in [1.807, 2.05) is 60.7 Å². The largest absolute Gasteiger partial charge is 0.445 e. The molecule has 4 heteroatoms. The van der Waals surface area contributed by atoms with Gasteiger partial charge in [0.05, 0.1) is 0 Å². The lowest BCUT2D eigenvalue weighted by molar-refractivity contribution is 0.0797. The molecule has 3 rings (SSSR count). The Bertz CT molecular complexity index is 707. The number of carbonyl (C=O) groups is 2. The van der Waals surface area contributed by atoms with E-state index in [1.54, 1.807) is 4.90 Å². The maximum absolute atomic E-state index is 12.2. The summed E-state index contributed by atoms with van der Waals surface area (Å²) in [6.45, 7) is 1.72. The molecule has 2 aromatic carbocycles. The van der Waals surface area contributed by atoms with Crippen LogP contribution in [0.1, 0.15) is 41.6 Å². The molecule has 1 amide bonds. The van der Waals surface area contributed by atoms with Crippen molar-refractivity contribution < 1.29 is 14.3 Å². The molecule has 1 aliphatic heterocycles. The number of hydrogen-bond acceptors (Lipinski definition) is 3. The van der Waals surface area contributed by atoms with Crippen molar-refractivity contribution in [2.75, 3.05) is 13.1 Å². The van der Waals surface area contributed by atoms with E-state index in [0.29, 0.717) is 32.0 Å². The van der Waals surface area contributed by atoms with Gasteiger partial charge in [0.2, 0.25) is 0 Å². The van der Waals surface area contributed by atoms with Crippen molar-refractivity contribution in [2.45, 2.75) is 32.3 Å². The van der Waals surface area contributed by atoms with Gasteiger partial charge in [-0.2, -0.15) is 0 Å². The molecule has 0 N–H and O–H groups in total. The number of rotatable bonds is 6. The van der Waals surface area contributed by atoms with Gasteiger partial charge in [0.1, 0.15) is 6.61 Å². The highest BCUT2D eigenvalue weighted by atomic mass is 16.6. The summed E-state index contributed by atoms with van der Waals surface area (Å²) in [6, 6.07) is 19.2. The number of ether oxygens (including phenoxy) is 1. The Hall–Kier alpha value is -2.62. The predicted molar refractivity (Wildman–Crippen MR) is 101 cm³/mol. The zero-order valence-electron chi connectivity index (χ0n) is 15.0. The van der Waals surface area contributed by atoms with E-state index in [-0.39, 0.29) is 11.9 Å². The van der Waals surface area contributed by atoms with Gasteiger partial charge >= 0.3 is 6.09 Å². The summed E-state index contributed by atoms with van der Waals surface area (Å²) in [5.74, 6) is 0.705. The molecule has 0 bridgehead atoms. The van der Waals surface area contributed by atoms with Gasteiger partial charge in [-0.3, -0.25) is 4.79 Å². The van der Waals surface area contributed by atoms with E-state index in [0.717, 1.165) is 30.4 Å². The fourth-order valence-electron chi connectivity index (χ4n) is 3.32. The molecule has 1 saturated heterocycles. The van der Waals surface area contributed by atoms with Crippen molar-refractivity contribution in [1.82, 2.24) is 4.90 Å². The highest BCUT2D eigenvalue weighted by Crippen LogP contribution is 2.23. The average molecular weight is 351 g/mol. The Morgan fingerprint density at radius 3 is 2.19 bits per heavy atom. The van der Waals surface area contributed by atoms with Crippen molar-refractivity contribution in [1.29, 1.82) is 0 Å². The first-order valence-corrected chi connectivity index (χ1v) is 9.26. The second-order valence-corrected chi connectivity index (χ2v) is 6.80. The summed E-state index contributed by atoms with van der Waals surface area (Å²) in [5.41, 5.74) is 1.78. The van der Waals surface area contributed by atoms with Gasteiger partial charge in [-0.05, 0) is 30.7 Å². The van der Waals surface area contributed by atoms with E-state index in [1.165, 1.54) is 0 Å². The molecule has 4 nitrogen and oxygen atoms in total. The lowest BCUT2D eigenvalue weighted by atomic mass is 9.90. The summed E-state index contributed by atoms with van der Waals surface area (Å²) < 4.78 is 5.39. The monoisotopic (exact) mass is 351 g/mol. The van der Waals surface area contributed by atoms with E-state index in [4.69, 9.17) is 4.74 Å². The Balaban J connectivity index is 1.37. The smallest absolute Gasteiger partial charge is 0.410 e. The first-order valence-electron chi connectivity index (χ1n) is 9.26. The third-order valence-electron chi connectivity index (χ3n) is 4.95. The Morgan fingerprint density at radius 1 is 0.923 bits per heavy atom. The highest BCUT2D eigenvalue weighted by Gasteiger charge is 2.24. The Labute approximate surface area is 154 Å². The Kier molecular flexibility index (Phi) is 6.42. The first kappa shape index (κ1) is 18.2. The molecular formula is C22H25NO3. The number of benzene rings is 2. The minimum Gasteiger partial charge on any atom is -0.445 e. The minimum atomic E-state index is -0.243. The summed E-state index contributed by atoms with van der Waals surface area (Å²) in [7, 11) is 0. The standard InChI is InChI=1S/C22H25NO3/c24-21(20-9-5-2-6-10-20)12-11-18-13-15-23(16-14-18)22(25)26-17-19-7-3-1-4-8-19/h1-10,18H,11-17H2. The SMILES string of the molecule is O=C(CCC1CCN(C(=O)OCc2ccccc2)CC1)c1ccccc1. The zero-order chi connectivity index (χ0) is 18.2. The molecule has 0 unspecified atom stereocenters. The first-order chi connectivity index (χ1) is 12.7. The summed E-state index contributed by atoms with van der Waals surface area (Å²) in [5, 5.41) is 0. The number of likely N-dealkylation sites (tertiary alicyclic amines) is 1. The molecule has 0 saturated carbocycles. The van der Waals surface area contributed by atoms with Crippen molar-refractivity contribution >= 4 is 11.9 Å². The maximum Gasteiger partial charge on any atom is 0.410 e. The molecule has 0 spiro atoms. The van der Waals surface area contributed by atoms with Gasteiger partial charge in [0.15, 0.2) is 5.78 Å². The van der Waals surface area contributed by atoms with Crippen molar-refractivity contribution in [3.63, 3.8) is 0 Å². The third-order valence-corrected chi connectivity index (χ3v) is 4.95. The van der Waals surface area contributed by atoms with Gasteiger partial charge < -0.3 is 9.64 Å². The van der Waals surface area contributed by atoms with Crippen molar-refractivity contribution in [3.05, 3.63) is 71.8 Å². The van der Waals surface area contributed by atoms with Crippen LogP contribution in [-0.2, 0) is 11.3 Å². The van der Waals surface area contributed by atoms with Crippen LogP contribution < -0.4 is 0 Å². The maximum atomic E-state index is 12.2. The van der Waals surface area contributed by atoms with Gasteiger partial charge in [0.25, 0.3) is 0 Å². The van der Waals surface area contributed by atoms with Crippen LogP contribution in [0.25, 0.3) is 0 Å². The van der Waals surface area contributed by atoms with E-state index >= 15 is 0 Å². The number of ketones is 1. The lowest BCUT2D eigenvalue weighted by Gasteiger charge is -2.31. The number of nitrogens with zero attached hydrogens (tertiary/aromatic N) is 1. The van der Waals surface area contributed by atoms with Crippen LogP contribution in [-0.4, -0.2) is 29.9 Å². The van der Waals surface area contributed by atoms with E-state index < -0.39 is 0 Å². The number of hydrogen-bond donors (Lipinski definition) is 0. The summed E-state index contributed by atoms with van der Waals surface area (Å²) >= 11 is 0. The second kappa shape index (κ2) is 9.18. The van der Waals surface area contributed by atoms with Crippen molar-refractivity contribution in [3.8, 4) is 0 Å². The molecule has 0 atom stereocenters. The molecule has 1 heterocycles. The molecule has 26 heavy (non-hydrogen) atoms. The van der Waals surface area contributed by atoms with Crippen LogP contribution in [0.5, 0.6) is 0 Å². The topological polar surface area (TPSA) is 46.6 Å². The number of piperidine rings is 1. The van der Waals surface area contributed by atoms with Gasteiger partial charge in [-0.25, -0.2) is 4.79 Å². The van der Waals surface area contributed by atoms with Crippen LogP contribution in [0.2, 0.25) is 0 Å². The summed E-state index contributed by atoms with van der Waals surface area (Å²) in [4.78, 5) is 26.2. The van der Waals surface area contributed by atoms with Gasteiger partial charge in [0, 0.05) is 25.1 Å². The molecule has 0 radical (unpaired) electrons. The number of Topliss-reactive ketones (excluding diaryl/α,β-unsaturated/α-hetero) is 1. The molecule has 1 fully saturated rings. The van der Waals surface area contributed by atoms with Crippen molar-refractivity contribution in [2.24, 2.45) is 5.92 Å². The van der Waals surface area contributed by atoms with E-state index in [2.05, 4.69) is 0 Å². The van der Waals surface area contributed by atoms with Gasteiger partial charge in [-0.15, -0.1) is 0 Å². The Morgan fingerprint density at radius 2 is 1.54 bits per heavy atom. The quantitative estimate of drug-likeness (QED) is 0.709. The van der Waals surface area contributed by atoms with Crippen LogP contribution >= 0.6 is 0 Å². The third kappa shape index (κ3) is 5.19. The molecule has 0 aromatic heterocycles. The highest BCUT2D eigenvalue weighted by molar-refractivity contribution is 5.95. The van der Waals surface area contributed by atoms with Gasteiger partial charge in [-0.1, -0.05) is 60.7 Å². The van der Waals surface area contributed by atoms with Crippen LogP contribution in [0, 0.1) is 5.92 Å². The summed E-state index contributed by atoms with van der Waals surface area (Å²) in [6.07, 6.45) is 3.09. The van der Waals surface area contributed by atoms with Crippen LogP contribution in [0.3, 0.4) is 0 Å². The predicted octanol–water partition coefficient (Wildman–Crippen LogP) is 4.70. The molecule has 1 aliphatic rings. The average Bonchev–Trinajstić information content (AvgIpc) is 2.72. The molecule has 0 aliphatic carbocycles. The minimum absolute atomic E-state index is 0.204. The normalized spacial score (nSPS) is 14.8. The fourth-order valence-corrected chi connectivity index (χ4v) is 3.32. The molecule has 2 aromatic rings. The van der Waals surface area contributed by atoms with Crippen LogP contribution in [0.4, 0.5) is 4.79 Å². The van der Waals surface area contributed by atoms with E-state index in [9.17, 15) is 9.59 Å². The van der Waals surface area contributed by atoms with Crippen LogP contribution in [0.15, 0.2) is 60.7 Å². The second-order valence-electron chi connectivity index (χ2n) is 6.80.